The van der Waals surface area contributed by atoms with E-state index in [9.17, 15) is 4.79 Å². The van der Waals surface area contributed by atoms with Crippen LogP contribution in [0.3, 0.4) is 0 Å². The Balaban J connectivity index is 2.52. The molecule has 0 aliphatic heterocycles. The maximum atomic E-state index is 11.5. The van der Waals surface area contributed by atoms with Crippen molar-refractivity contribution in [3.8, 4) is 0 Å². The number of carbonyl (C=O) groups is 1. The highest BCUT2D eigenvalue weighted by Gasteiger charge is 2.14. The average molecular weight is 276 g/mol. The number of para-hydroxylation sites is 1. The number of anilines is 1. The van der Waals surface area contributed by atoms with Crippen LogP contribution in [0.5, 0.6) is 0 Å². The largest absolute Gasteiger partial charge is 0.444 e. The molecule has 0 bridgehead atoms. The van der Waals surface area contributed by atoms with Crippen LogP contribution in [-0.4, -0.2) is 32.3 Å². The Morgan fingerprint density at radius 3 is 2.55 bits per heavy atom. The van der Waals surface area contributed by atoms with Crippen LogP contribution in [0.2, 0.25) is 0 Å². The van der Waals surface area contributed by atoms with Gasteiger partial charge < -0.3 is 15.0 Å². The van der Waals surface area contributed by atoms with E-state index in [0.29, 0.717) is 6.54 Å². The van der Waals surface area contributed by atoms with E-state index in [1.807, 2.05) is 65.2 Å². The Kier molecular flexibility index (Phi) is 5.62. The summed E-state index contributed by atoms with van der Waals surface area (Å²) in [6.07, 6.45) is 3.50. The fourth-order valence-electron chi connectivity index (χ4n) is 1.68. The lowest BCUT2D eigenvalue weighted by Crippen LogP contribution is -2.32. The second kappa shape index (κ2) is 6.98. The summed E-state index contributed by atoms with van der Waals surface area (Å²) >= 11 is 0. The fraction of sp³-hybridized carbons (Fsp3) is 0.438. The Labute approximate surface area is 121 Å². The maximum absolute atomic E-state index is 11.5. The number of hydrogen-bond acceptors (Lipinski definition) is 3. The first-order valence-corrected chi connectivity index (χ1v) is 6.69. The van der Waals surface area contributed by atoms with Crippen LogP contribution in [-0.2, 0) is 4.74 Å². The SMILES string of the molecule is CN(C)c1ccccc1C=CCNC(=O)OC(C)(C)C. The molecule has 4 nitrogen and oxygen atoms in total. The monoisotopic (exact) mass is 276 g/mol. The quantitative estimate of drug-likeness (QED) is 0.917. The first-order chi connectivity index (χ1) is 9.29. The van der Waals surface area contributed by atoms with Crippen molar-refractivity contribution in [1.29, 1.82) is 0 Å². The van der Waals surface area contributed by atoms with Gasteiger partial charge in [0.15, 0.2) is 0 Å². The predicted molar refractivity (Wildman–Crippen MR) is 84.0 cm³/mol. The third-order valence-corrected chi connectivity index (χ3v) is 2.48. The van der Waals surface area contributed by atoms with Gasteiger partial charge in [-0.3, -0.25) is 0 Å². The molecule has 0 unspecified atom stereocenters. The highest BCUT2D eigenvalue weighted by molar-refractivity contribution is 5.69. The summed E-state index contributed by atoms with van der Waals surface area (Å²) in [7, 11) is 4.01. The van der Waals surface area contributed by atoms with Gasteiger partial charge in [0.1, 0.15) is 5.60 Å². The van der Waals surface area contributed by atoms with Gasteiger partial charge in [0.25, 0.3) is 0 Å². The van der Waals surface area contributed by atoms with Gasteiger partial charge in [-0.1, -0.05) is 30.4 Å². The summed E-state index contributed by atoms with van der Waals surface area (Å²) in [5, 5.41) is 2.70. The van der Waals surface area contributed by atoms with Gasteiger partial charge >= 0.3 is 6.09 Å². The molecule has 20 heavy (non-hydrogen) atoms. The molecule has 1 N–H and O–H groups in total. The van der Waals surface area contributed by atoms with E-state index in [-0.39, 0.29) is 0 Å². The number of nitrogens with one attached hydrogen (secondary N) is 1. The van der Waals surface area contributed by atoms with E-state index >= 15 is 0 Å². The van der Waals surface area contributed by atoms with Gasteiger partial charge in [-0.05, 0) is 32.4 Å². The van der Waals surface area contributed by atoms with Crippen LogP contribution in [0.15, 0.2) is 30.3 Å². The highest BCUT2D eigenvalue weighted by Crippen LogP contribution is 2.18. The van der Waals surface area contributed by atoms with Crippen molar-refractivity contribution in [3.63, 3.8) is 0 Å². The minimum absolute atomic E-state index is 0.400. The number of carbonyl (C=O) groups excluding carboxylic acids is 1. The molecule has 0 radical (unpaired) electrons. The molecule has 0 saturated heterocycles. The number of amides is 1. The summed E-state index contributed by atoms with van der Waals surface area (Å²) in [5.41, 5.74) is 1.79. The molecule has 0 aliphatic carbocycles. The van der Waals surface area contributed by atoms with E-state index in [1.165, 1.54) is 0 Å². The van der Waals surface area contributed by atoms with Gasteiger partial charge in [0.2, 0.25) is 0 Å². The van der Waals surface area contributed by atoms with Crippen LogP contribution >= 0.6 is 0 Å². The molecule has 1 amide bonds. The minimum Gasteiger partial charge on any atom is -0.444 e. The van der Waals surface area contributed by atoms with Gasteiger partial charge in [-0.25, -0.2) is 4.79 Å². The molecule has 1 rings (SSSR count). The second-order valence-electron chi connectivity index (χ2n) is 5.74. The fourth-order valence-corrected chi connectivity index (χ4v) is 1.68. The molecule has 1 aromatic carbocycles. The maximum Gasteiger partial charge on any atom is 0.407 e. The number of ether oxygens (including phenoxy) is 1. The van der Waals surface area contributed by atoms with Crippen LogP contribution < -0.4 is 10.2 Å². The zero-order valence-electron chi connectivity index (χ0n) is 12.9. The normalized spacial score (nSPS) is 11.4. The molecule has 110 valence electrons. The predicted octanol–water partition coefficient (Wildman–Crippen LogP) is 3.29. The number of benzene rings is 1. The summed E-state index contributed by atoms with van der Waals surface area (Å²) in [4.78, 5) is 13.5. The van der Waals surface area contributed by atoms with E-state index < -0.39 is 11.7 Å². The molecule has 0 saturated carbocycles. The van der Waals surface area contributed by atoms with Crippen molar-refractivity contribution in [2.24, 2.45) is 0 Å². The molecular weight excluding hydrogens is 252 g/mol. The lowest BCUT2D eigenvalue weighted by molar-refractivity contribution is 0.0534. The molecular formula is C16H24N2O2. The summed E-state index contributed by atoms with van der Waals surface area (Å²) in [6, 6.07) is 8.10. The molecule has 0 atom stereocenters. The van der Waals surface area contributed by atoms with Crippen molar-refractivity contribution in [2.45, 2.75) is 26.4 Å². The average Bonchev–Trinajstić information content (AvgIpc) is 2.33. The van der Waals surface area contributed by atoms with Gasteiger partial charge in [-0.15, -0.1) is 0 Å². The van der Waals surface area contributed by atoms with Crippen molar-refractivity contribution in [2.75, 3.05) is 25.5 Å². The third kappa shape index (κ3) is 5.78. The van der Waals surface area contributed by atoms with Crippen molar-refractivity contribution < 1.29 is 9.53 Å². The van der Waals surface area contributed by atoms with Crippen LogP contribution in [0, 0.1) is 0 Å². The van der Waals surface area contributed by atoms with Crippen molar-refractivity contribution in [3.05, 3.63) is 35.9 Å². The summed E-state index contributed by atoms with van der Waals surface area (Å²) in [5.74, 6) is 0. The lowest BCUT2D eigenvalue weighted by Gasteiger charge is -2.19. The number of rotatable bonds is 4. The van der Waals surface area contributed by atoms with E-state index in [1.54, 1.807) is 0 Å². The zero-order chi connectivity index (χ0) is 15.2. The Morgan fingerprint density at radius 2 is 1.95 bits per heavy atom. The van der Waals surface area contributed by atoms with Gasteiger partial charge in [0.05, 0.1) is 0 Å². The lowest BCUT2D eigenvalue weighted by atomic mass is 10.1. The Hall–Kier alpha value is -1.97. The van der Waals surface area contributed by atoms with E-state index in [4.69, 9.17) is 4.74 Å². The third-order valence-electron chi connectivity index (χ3n) is 2.48. The van der Waals surface area contributed by atoms with Crippen molar-refractivity contribution >= 4 is 17.9 Å². The molecule has 0 heterocycles. The first kappa shape index (κ1) is 16.1. The minimum atomic E-state index is -0.467. The smallest absolute Gasteiger partial charge is 0.407 e. The standard InChI is InChI=1S/C16H24N2O2/c1-16(2,3)20-15(19)17-12-8-10-13-9-6-7-11-14(13)18(4)5/h6-11H,12H2,1-5H3,(H,17,19). The first-order valence-electron chi connectivity index (χ1n) is 6.69. The van der Waals surface area contributed by atoms with Crippen molar-refractivity contribution in [1.82, 2.24) is 5.32 Å². The zero-order valence-corrected chi connectivity index (χ0v) is 12.9. The van der Waals surface area contributed by atoms with E-state index in [2.05, 4.69) is 16.3 Å². The number of hydrogen-bond donors (Lipinski definition) is 1. The Morgan fingerprint density at radius 1 is 1.30 bits per heavy atom. The molecule has 4 heteroatoms. The summed E-state index contributed by atoms with van der Waals surface area (Å²) in [6.45, 7) is 5.97. The van der Waals surface area contributed by atoms with Crippen LogP contribution in [0.25, 0.3) is 6.08 Å². The Bertz CT molecular complexity index is 474. The van der Waals surface area contributed by atoms with Gasteiger partial charge in [-0.2, -0.15) is 0 Å². The van der Waals surface area contributed by atoms with Gasteiger partial charge in [0, 0.05) is 26.3 Å². The van der Waals surface area contributed by atoms with E-state index in [0.717, 1.165) is 11.3 Å². The molecule has 0 aliphatic rings. The van der Waals surface area contributed by atoms with Crippen LogP contribution in [0.1, 0.15) is 26.3 Å². The molecule has 1 aromatic rings. The topological polar surface area (TPSA) is 41.6 Å². The number of nitrogens with zero attached hydrogens (tertiary/aromatic N) is 1. The van der Waals surface area contributed by atoms with Crippen LogP contribution in [0.4, 0.5) is 10.5 Å². The second-order valence-corrected chi connectivity index (χ2v) is 5.74. The molecule has 0 fully saturated rings. The molecule has 0 aromatic heterocycles. The highest BCUT2D eigenvalue weighted by atomic mass is 16.6. The molecule has 0 spiro atoms. The number of alkyl carbamates (subject to hydrolysis) is 1. The summed E-state index contributed by atoms with van der Waals surface area (Å²) < 4.78 is 5.16.